The molecule has 1 saturated heterocycles. The molecule has 3 N–H and O–H groups in total. The monoisotopic (exact) mass is 533 g/mol. The summed E-state index contributed by atoms with van der Waals surface area (Å²) in [6.07, 6.45) is 0.0380. The Morgan fingerprint density at radius 3 is 2.45 bits per heavy atom. The SMILES string of the molecule is COC(=O)c1ccccc1NC(=O)COC(=O)c1ccc(N2C(=O)CC(Sc3cccc(N)c3)C2=O)cc1. The highest BCUT2D eigenvalue weighted by Crippen LogP contribution is 2.34. The van der Waals surface area contributed by atoms with Crippen molar-refractivity contribution in [1.29, 1.82) is 0 Å². The lowest BCUT2D eigenvalue weighted by molar-refractivity contribution is -0.121. The molecule has 194 valence electrons. The third-order valence-electron chi connectivity index (χ3n) is 5.54. The number of methoxy groups -OCH3 is 1. The van der Waals surface area contributed by atoms with Gasteiger partial charge in [0.15, 0.2) is 6.61 Å². The first-order chi connectivity index (χ1) is 18.3. The van der Waals surface area contributed by atoms with Crippen molar-refractivity contribution in [1.82, 2.24) is 0 Å². The fraction of sp³-hybridized carbons (Fsp3) is 0.148. The molecule has 3 aromatic carbocycles. The highest BCUT2D eigenvalue weighted by Gasteiger charge is 2.40. The zero-order valence-electron chi connectivity index (χ0n) is 20.2. The average Bonchev–Trinajstić information content (AvgIpc) is 3.19. The number of hydrogen-bond donors (Lipinski definition) is 2. The molecule has 3 amide bonds. The number of thioether (sulfide) groups is 1. The lowest BCUT2D eigenvalue weighted by Crippen LogP contribution is -2.31. The summed E-state index contributed by atoms with van der Waals surface area (Å²) < 4.78 is 9.75. The molecule has 3 aromatic rings. The minimum absolute atomic E-state index is 0.0380. The fourth-order valence-corrected chi connectivity index (χ4v) is 4.87. The Labute approximate surface area is 222 Å². The van der Waals surface area contributed by atoms with Crippen molar-refractivity contribution in [2.45, 2.75) is 16.6 Å². The lowest BCUT2D eigenvalue weighted by Gasteiger charge is -2.15. The molecule has 1 fully saturated rings. The van der Waals surface area contributed by atoms with Crippen molar-refractivity contribution in [3.05, 3.63) is 83.9 Å². The molecule has 1 aliphatic rings. The number of esters is 2. The highest BCUT2D eigenvalue weighted by atomic mass is 32.2. The van der Waals surface area contributed by atoms with E-state index < -0.39 is 29.7 Å². The van der Waals surface area contributed by atoms with E-state index in [4.69, 9.17) is 10.5 Å². The van der Waals surface area contributed by atoms with Gasteiger partial charge in [0.05, 0.1) is 34.9 Å². The van der Waals surface area contributed by atoms with Crippen LogP contribution >= 0.6 is 11.8 Å². The molecule has 38 heavy (non-hydrogen) atoms. The molecule has 4 rings (SSSR count). The summed E-state index contributed by atoms with van der Waals surface area (Å²) in [6, 6.07) is 19.1. The summed E-state index contributed by atoms with van der Waals surface area (Å²) in [5, 5.41) is 1.92. The van der Waals surface area contributed by atoms with Crippen LogP contribution in [0.15, 0.2) is 77.7 Å². The number of amides is 3. The molecule has 0 saturated carbocycles. The average molecular weight is 534 g/mol. The number of rotatable bonds is 8. The van der Waals surface area contributed by atoms with Crippen LogP contribution in [0.3, 0.4) is 0 Å². The molecule has 0 bridgehead atoms. The summed E-state index contributed by atoms with van der Waals surface area (Å²) in [5.74, 6) is -2.76. The molecule has 1 atom stereocenters. The van der Waals surface area contributed by atoms with Crippen LogP contribution in [-0.4, -0.2) is 48.6 Å². The smallest absolute Gasteiger partial charge is 0.339 e. The molecular weight excluding hydrogens is 510 g/mol. The first kappa shape index (κ1) is 26.4. The number of ether oxygens (including phenoxy) is 2. The van der Waals surface area contributed by atoms with Crippen molar-refractivity contribution >= 4 is 58.5 Å². The minimum Gasteiger partial charge on any atom is -0.465 e. The van der Waals surface area contributed by atoms with Crippen LogP contribution < -0.4 is 16.0 Å². The van der Waals surface area contributed by atoms with Crippen LogP contribution in [0, 0.1) is 0 Å². The molecule has 1 aliphatic heterocycles. The zero-order chi connectivity index (χ0) is 27.2. The first-order valence-electron chi connectivity index (χ1n) is 11.4. The van der Waals surface area contributed by atoms with Crippen LogP contribution in [0.4, 0.5) is 17.1 Å². The summed E-state index contributed by atoms with van der Waals surface area (Å²) in [4.78, 5) is 63.9. The Balaban J connectivity index is 1.34. The predicted molar refractivity (Wildman–Crippen MR) is 141 cm³/mol. The van der Waals surface area contributed by atoms with Crippen LogP contribution in [-0.2, 0) is 23.9 Å². The summed E-state index contributed by atoms with van der Waals surface area (Å²) in [7, 11) is 1.22. The van der Waals surface area contributed by atoms with E-state index in [1.54, 1.807) is 30.3 Å². The number of anilines is 3. The summed E-state index contributed by atoms with van der Waals surface area (Å²) in [6.45, 7) is -0.595. The van der Waals surface area contributed by atoms with Gasteiger partial charge in [-0.25, -0.2) is 14.5 Å². The van der Waals surface area contributed by atoms with Gasteiger partial charge in [-0.2, -0.15) is 0 Å². The number of nitrogens with one attached hydrogen (secondary N) is 1. The Morgan fingerprint density at radius 1 is 1.00 bits per heavy atom. The van der Waals surface area contributed by atoms with Crippen LogP contribution in [0.25, 0.3) is 0 Å². The molecule has 0 aromatic heterocycles. The number of para-hydroxylation sites is 1. The van der Waals surface area contributed by atoms with Crippen molar-refractivity contribution in [3.63, 3.8) is 0 Å². The molecule has 11 heteroatoms. The molecule has 1 heterocycles. The Morgan fingerprint density at radius 2 is 1.74 bits per heavy atom. The number of nitrogen functional groups attached to an aromatic ring is 1. The van der Waals surface area contributed by atoms with Crippen molar-refractivity contribution in [2.75, 3.05) is 29.7 Å². The van der Waals surface area contributed by atoms with E-state index in [9.17, 15) is 24.0 Å². The van der Waals surface area contributed by atoms with E-state index in [-0.39, 0.29) is 35.0 Å². The van der Waals surface area contributed by atoms with Crippen molar-refractivity contribution in [2.24, 2.45) is 0 Å². The maximum absolute atomic E-state index is 12.9. The molecule has 0 aliphatic carbocycles. The van der Waals surface area contributed by atoms with Gasteiger partial charge in [-0.3, -0.25) is 14.4 Å². The second kappa shape index (κ2) is 11.6. The van der Waals surface area contributed by atoms with E-state index in [1.165, 1.54) is 55.3 Å². The minimum atomic E-state index is -0.776. The second-order valence-electron chi connectivity index (χ2n) is 8.16. The van der Waals surface area contributed by atoms with Gasteiger partial charge in [0.25, 0.3) is 5.91 Å². The van der Waals surface area contributed by atoms with Gasteiger partial charge in [0, 0.05) is 17.0 Å². The summed E-state index contributed by atoms with van der Waals surface area (Å²) in [5.41, 5.74) is 7.18. The number of carbonyl (C=O) groups excluding carboxylic acids is 5. The van der Waals surface area contributed by atoms with Gasteiger partial charge in [-0.1, -0.05) is 18.2 Å². The summed E-state index contributed by atoms with van der Waals surface area (Å²) >= 11 is 1.27. The van der Waals surface area contributed by atoms with Crippen LogP contribution in [0.2, 0.25) is 0 Å². The molecular formula is C27H23N3O7S. The van der Waals surface area contributed by atoms with Crippen LogP contribution in [0.5, 0.6) is 0 Å². The van der Waals surface area contributed by atoms with E-state index in [0.717, 1.165) is 9.80 Å². The third kappa shape index (κ3) is 6.01. The zero-order valence-corrected chi connectivity index (χ0v) is 21.0. The normalized spacial score (nSPS) is 14.8. The maximum atomic E-state index is 12.9. The number of imide groups is 1. The van der Waals surface area contributed by atoms with Crippen molar-refractivity contribution in [3.8, 4) is 0 Å². The van der Waals surface area contributed by atoms with E-state index in [1.807, 2.05) is 6.07 Å². The van der Waals surface area contributed by atoms with Gasteiger partial charge in [0.1, 0.15) is 0 Å². The lowest BCUT2D eigenvalue weighted by atomic mass is 10.2. The van der Waals surface area contributed by atoms with E-state index in [0.29, 0.717) is 11.4 Å². The predicted octanol–water partition coefficient (Wildman–Crippen LogP) is 3.28. The van der Waals surface area contributed by atoms with Gasteiger partial charge < -0.3 is 20.5 Å². The fourth-order valence-electron chi connectivity index (χ4n) is 3.75. The molecule has 0 spiro atoms. The highest BCUT2D eigenvalue weighted by molar-refractivity contribution is 8.00. The molecule has 10 nitrogen and oxygen atoms in total. The van der Waals surface area contributed by atoms with E-state index >= 15 is 0 Å². The standard InChI is InChI=1S/C27H23N3O7S/c1-36-27(35)20-7-2-3-8-21(20)29-23(31)15-37-26(34)16-9-11-18(12-10-16)30-24(32)14-22(25(30)33)38-19-6-4-5-17(28)13-19/h2-13,22H,14-15,28H2,1H3,(H,29,31). The van der Waals surface area contributed by atoms with Crippen LogP contribution in [0.1, 0.15) is 27.1 Å². The van der Waals surface area contributed by atoms with Gasteiger partial charge in [0.2, 0.25) is 11.8 Å². The third-order valence-corrected chi connectivity index (χ3v) is 6.72. The quantitative estimate of drug-likeness (QED) is 0.253. The number of hydrogen-bond acceptors (Lipinski definition) is 9. The first-order valence-corrected chi connectivity index (χ1v) is 12.3. The van der Waals surface area contributed by atoms with Gasteiger partial charge in [-0.05, 0) is 54.6 Å². The Kier molecular flexibility index (Phi) is 8.07. The van der Waals surface area contributed by atoms with Gasteiger partial charge in [-0.15, -0.1) is 11.8 Å². The number of nitrogens with zero attached hydrogens (tertiary/aromatic N) is 1. The van der Waals surface area contributed by atoms with Crippen molar-refractivity contribution < 1.29 is 33.4 Å². The topological polar surface area (TPSA) is 145 Å². The van der Waals surface area contributed by atoms with E-state index in [2.05, 4.69) is 10.1 Å². The molecule has 0 radical (unpaired) electrons. The largest absolute Gasteiger partial charge is 0.465 e. The number of carbonyl (C=O) groups is 5. The Bertz CT molecular complexity index is 1410. The maximum Gasteiger partial charge on any atom is 0.339 e. The second-order valence-corrected chi connectivity index (χ2v) is 9.43. The number of nitrogens with two attached hydrogens (primary N) is 1. The molecule has 1 unspecified atom stereocenters. The Hall–Kier alpha value is -4.64. The van der Waals surface area contributed by atoms with Gasteiger partial charge >= 0.3 is 11.9 Å². The number of benzene rings is 3.